The molecule has 1 N–H and O–H groups in total. The van der Waals surface area contributed by atoms with Gasteiger partial charge in [-0.05, 0) is 75.8 Å². The topological polar surface area (TPSA) is 81.7 Å². The number of thiophene rings is 1. The van der Waals surface area contributed by atoms with E-state index in [2.05, 4.69) is 5.32 Å². The second kappa shape index (κ2) is 10.9. The highest BCUT2D eigenvalue weighted by Crippen LogP contribution is 2.38. The molecule has 1 atom stereocenters. The van der Waals surface area contributed by atoms with Crippen LogP contribution in [0.4, 0.5) is 0 Å². The molecule has 1 heterocycles. The number of rotatable bonds is 9. The highest BCUT2D eigenvalue weighted by atomic mass is 32.1. The van der Waals surface area contributed by atoms with Gasteiger partial charge in [-0.1, -0.05) is 30.3 Å². The molecule has 0 radical (unpaired) electrons. The average Bonchev–Trinajstić information content (AvgIpc) is 3.56. The molecule has 1 aromatic carbocycles. The van der Waals surface area contributed by atoms with E-state index < -0.39 is 5.60 Å². The van der Waals surface area contributed by atoms with E-state index in [0.717, 1.165) is 46.6 Å². The second-order valence-corrected chi connectivity index (χ2v) is 11.9. The first-order chi connectivity index (χ1) is 16.7. The number of hydrogen-bond donors (Lipinski definition) is 1. The zero-order valence-corrected chi connectivity index (χ0v) is 21.7. The maximum Gasteiger partial charge on any atom is 0.311 e. The van der Waals surface area contributed by atoms with Gasteiger partial charge in [0.15, 0.2) is 0 Å². The number of ether oxygens (including phenoxy) is 2. The third kappa shape index (κ3) is 7.40. The number of fused-ring (bicyclic) bond motifs is 1. The minimum atomic E-state index is -0.576. The summed E-state index contributed by atoms with van der Waals surface area (Å²) in [5, 5.41) is 3.08. The lowest BCUT2D eigenvalue weighted by molar-refractivity contribution is -0.154. The number of nitrogens with one attached hydrogen (secondary N) is 1. The van der Waals surface area contributed by atoms with Crippen LogP contribution in [-0.4, -0.2) is 30.0 Å². The molecule has 2 aromatic rings. The standard InChI is InChI=1S/C28H35NO5S/c1-28(2,3)34-25(31)15-23-26(27(32)29-16-18-9-10-18)21-13-20(11-12-22(21)35-23)14-24(30)33-17-19-7-5-4-6-8-19/h4-8,18,20H,9-17H2,1-3H3,(H,29,32)/t20-/m0/s1. The van der Waals surface area contributed by atoms with E-state index in [1.807, 2.05) is 51.1 Å². The predicted molar refractivity (Wildman–Crippen MR) is 135 cm³/mol. The van der Waals surface area contributed by atoms with Crippen LogP contribution < -0.4 is 5.32 Å². The molecule has 2 aliphatic rings. The summed E-state index contributed by atoms with van der Waals surface area (Å²) in [6.07, 6.45) is 5.03. The van der Waals surface area contributed by atoms with Gasteiger partial charge in [-0.15, -0.1) is 11.3 Å². The fourth-order valence-electron chi connectivity index (χ4n) is 4.46. The number of carbonyl (C=O) groups is 3. The van der Waals surface area contributed by atoms with Crippen LogP contribution in [0.5, 0.6) is 0 Å². The normalized spacial score (nSPS) is 17.4. The molecule has 35 heavy (non-hydrogen) atoms. The van der Waals surface area contributed by atoms with Gasteiger partial charge in [-0.2, -0.15) is 0 Å². The molecular weight excluding hydrogens is 462 g/mol. The summed E-state index contributed by atoms with van der Waals surface area (Å²) >= 11 is 1.55. The molecule has 0 bridgehead atoms. The van der Waals surface area contributed by atoms with Crippen LogP contribution in [0, 0.1) is 11.8 Å². The maximum absolute atomic E-state index is 13.2. The lowest BCUT2D eigenvalue weighted by Crippen LogP contribution is -2.29. The van der Waals surface area contributed by atoms with Gasteiger partial charge in [0.05, 0.1) is 12.0 Å². The maximum atomic E-state index is 13.2. The van der Waals surface area contributed by atoms with E-state index in [0.29, 0.717) is 30.9 Å². The summed E-state index contributed by atoms with van der Waals surface area (Å²) in [7, 11) is 0. The van der Waals surface area contributed by atoms with Gasteiger partial charge < -0.3 is 14.8 Å². The van der Waals surface area contributed by atoms with Crippen LogP contribution >= 0.6 is 11.3 Å². The molecule has 1 fully saturated rings. The fourth-order valence-corrected chi connectivity index (χ4v) is 5.80. The number of hydrogen-bond acceptors (Lipinski definition) is 6. The fraction of sp³-hybridized carbons (Fsp3) is 0.536. The van der Waals surface area contributed by atoms with Gasteiger partial charge in [0.2, 0.25) is 0 Å². The highest BCUT2D eigenvalue weighted by Gasteiger charge is 2.32. The predicted octanol–water partition coefficient (Wildman–Crippen LogP) is 5.01. The molecule has 7 heteroatoms. The van der Waals surface area contributed by atoms with E-state index >= 15 is 0 Å². The largest absolute Gasteiger partial charge is 0.461 e. The molecule has 188 valence electrons. The molecule has 0 aliphatic heterocycles. The Morgan fingerprint density at radius 2 is 1.77 bits per heavy atom. The van der Waals surface area contributed by atoms with Gasteiger partial charge in [0, 0.05) is 22.7 Å². The summed E-state index contributed by atoms with van der Waals surface area (Å²) in [4.78, 5) is 40.3. The summed E-state index contributed by atoms with van der Waals surface area (Å²) in [5.74, 6) is 0.0273. The van der Waals surface area contributed by atoms with E-state index in [9.17, 15) is 14.4 Å². The number of aryl methyl sites for hydroxylation is 1. The van der Waals surface area contributed by atoms with E-state index in [-0.39, 0.29) is 36.8 Å². The van der Waals surface area contributed by atoms with Gasteiger partial charge in [-0.3, -0.25) is 14.4 Å². The third-order valence-corrected chi connectivity index (χ3v) is 7.63. The van der Waals surface area contributed by atoms with Crippen LogP contribution in [0.3, 0.4) is 0 Å². The summed E-state index contributed by atoms with van der Waals surface area (Å²) < 4.78 is 11.0. The third-order valence-electron chi connectivity index (χ3n) is 6.33. The number of amides is 1. The Morgan fingerprint density at radius 3 is 2.46 bits per heavy atom. The molecule has 1 aromatic heterocycles. The molecule has 6 nitrogen and oxygen atoms in total. The van der Waals surface area contributed by atoms with Gasteiger partial charge in [-0.25, -0.2) is 0 Å². The van der Waals surface area contributed by atoms with Gasteiger partial charge in [0.1, 0.15) is 12.2 Å². The van der Waals surface area contributed by atoms with Gasteiger partial charge in [0.25, 0.3) is 5.91 Å². The van der Waals surface area contributed by atoms with Gasteiger partial charge >= 0.3 is 11.9 Å². The summed E-state index contributed by atoms with van der Waals surface area (Å²) in [5.41, 5.74) is 2.01. The Hall–Kier alpha value is -2.67. The Labute approximate surface area is 211 Å². The molecule has 2 aliphatic carbocycles. The summed E-state index contributed by atoms with van der Waals surface area (Å²) in [6, 6.07) is 9.65. The van der Waals surface area contributed by atoms with Crippen LogP contribution in [0.1, 0.15) is 77.7 Å². The minimum Gasteiger partial charge on any atom is -0.461 e. The van der Waals surface area contributed by atoms with Crippen molar-refractivity contribution < 1.29 is 23.9 Å². The van der Waals surface area contributed by atoms with E-state index in [4.69, 9.17) is 9.47 Å². The molecular formula is C28H35NO5S. The van der Waals surface area contributed by atoms with Crippen LogP contribution in [0.25, 0.3) is 0 Å². The second-order valence-electron chi connectivity index (χ2n) is 10.7. The molecule has 0 unspecified atom stereocenters. The van der Waals surface area contributed by atoms with E-state index in [1.54, 1.807) is 11.3 Å². The first-order valence-electron chi connectivity index (χ1n) is 12.5. The lowest BCUT2D eigenvalue weighted by atomic mass is 9.84. The van der Waals surface area contributed by atoms with Crippen molar-refractivity contribution in [3.05, 3.63) is 56.8 Å². The van der Waals surface area contributed by atoms with Crippen molar-refractivity contribution in [2.45, 2.75) is 77.9 Å². The first kappa shape index (κ1) is 25.4. The Morgan fingerprint density at radius 1 is 1.03 bits per heavy atom. The van der Waals surface area contributed by atoms with Crippen molar-refractivity contribution >= 4 is 29.2 Å². The highest BCUT2D eigenvalue weighted by molar-refractivity contribution is 7.12. The van der Waals surface area contributed by atoms with Crippen LogP contribution in [0.15, 0.2) is 30.3 Å². The molecule has 4 rings (SSSR count). The Balaban J connectivity index is 1.45. The van der Waals surface area contributed by atoms with Crippen molar-refractivity contribution in [2.24, 2.45) is 11.8 Å². The molecule has 1 saturated carbocycles. The average molecular weight is 498 g/mol. The SMILES string of the molecule is CC(C)(C)OC(=O)Cc1sc2c(c1C(=O)NCC1CC1)C[C@@H](CC(=O)OCc1ccccc1)CC2. The first-order valence-corrected chi connectivity index (χ1v) is 13.3. The van der Waals surface area contributed by atoms with Crippen molar-refractivity contribution in [3.63, 3.8) is 0 Å². The monoisotopic (exact) mass is 497 g/mol. The Kier molecular flexibility index (Phi) is 7.95. The van der Waals surface area contributed by atoms with E-state index in [1.165, 1.54) is 0 Å². The molecule has 0 saturated heterocycles. The number of esters is 2. The number of carbonyl (C=O) groups excluding carboxylic acids is 3. The lowest BCUT2D eigenvalue weighted by Gasteiger charge is -2.22. The zero-order chi connectivity index (χ0) is 25.0. The molecule has 0 spiro atoms. The number of benzene rings is 1. The van der Waals surface area contributed by atoms with Crippen molar-refractivity contribution in [1.29, 1.82) is 0 Å². The van der Waals surface area contributed by atoms with Crippen molar-refractivity contribution in [2.75, 3.05) is 6.54 Å². The Bertz CT molecular complexity index is 1070. The molecule has 1 amide bonds. The van der Waals surface area contributed by atoms with Crippen LogP contribution in [-0.2, 0) is 44.9 Å². The minimum absolute atomic E-state index is 0.0882. The zero-order valence-electron chi connectivity index (χ0n) is 20.9. The van der Waals surface area contributed by atoms with Crippen molar-refractivity contribution in [3.8, 4) is 0 Å². The smallest absolute Gasteiger partial charge is 0.311 e. The quantitative estimate of drug-likeness (QED) is 0.493. The van der Waals surface area contributed by atoms with Crippen molar-refractivity contribution in [1.82, 2.24) is 5.32 Å². The van der Waals surface area contributed by atoms with Crippen LogP contribution in [0.2, 0.25) is 0 Å². The summed E-state index contributed by atoms with van der Waals surface area (Å²) in [6.45, 7) is 6.47.